The summed E-state index contributed by atoms with van der Waals surface area (Å²) in [5.41, 5.74) is 0. The van der Waals surface area contributed by atoms with E-state index >= 15 is 0 Å². The Morgan fingerprint density at radius 2 is 1.81 bits per heavy atom. The Kier molecular flexibility index (Phi) is 2.29. The van der Waals surface area contributed by atoms with E-state index in [-0.39, 0.29) is 0 Å². The van der Waals surface area contributed by atoms with Crippen molar-refractivity contribution in [1.82, 2.24) is 10.2 Å². The van der Waals surface area contributed by atoms with Gasteiger partial charge in [-0.05, 0) is 49.9 Å². The molecule has 3 aliphatic heterocycles. The first-order valence-electron chi connectivity index (χ1n) is 7.37. The van der Waals surface area contributed by atoms with E-state index in [9.17, 15) is 0 Å². The maximum atomic E-state index is 3.78. The van der Waals surface area contributed by atoms with Crippen molar-refractivity contribution in [1.29, 1.82) is 0 Å². The van der Waals surface area contributed by atoms with Gasteiger partial charge in [-0.15, -0.1) is 0 Å². The van der Waals surface area contributed by atoms with Crippen molar-refractivity contribution >= 4 is 0 Å². The SMILES string of the molecule is C1CC2CN(CC3CC4CCC3N4)CC2C1. The molecule has 0 aromatic heterocycles. The Morgan fingerprint density at radius 3 is 2.44 bits per heavy atom. The van der Waals surface area contributed by atoms with E-state index in [0.717, 1.165) is 29.8 Å². The highest BCUT2D eigenvalue weighted by Crippen LogP contribution is 2.40. The van der Waals surface area contributed by atoms with Gasteiger partial charge in [0.05, 0.1) is 0 Å². The Labute approximate surface area is 98.8 Å². The number of nitrogens with one attached hydrogen (secondary N) is 1. The van der Waals surface area contributed by atoms with Crippen molar-refractivity contribution in [3.05, 3.63) is 0 Å². The summed E-state index contributed by atoms with van der Waals surface area (Å²) >= 11 is 0. The number of likely N-dealkylation sites (tertiary alicyclic amines) is 1. The summed E-state index contributed by atoms with van der Waals surface area (Å²) in [5, 5.41) is 3.78. The van der Waals surface area contributed by atoms with Crippen LogP contribution in [0.1, 0.15) is 38.5 Å². The molecule has 2 heteroatoms. The third-order valence-electron chi connectivity index (χ3n) is 5.73. The molecule has 3 saturated heterocycles. The molecule has 16 heavy (non-hydrogen) atoms. The maximum absolute atomic E-state index is 3.78. The second kappa shape index (κ2) is 3.71. The molecule has 0 amide bonds. The lowest BCUT2D eigenvalue weighted by atomic mass is 9.89. The van der Waals surface area contributed by atoms with Gasteiger partial charge in [-0.2, -0.15) is 0 Å². The van der Waals surface area contributed by atoms with Crippen molar-refractivity contribution in [2.45, 2.75) is 50.6 Å². The quantitative estimate of drug-likeness (QED) is 0.764. The summed E-state index contributed by atoms with van der Waals surface area (Å²) < 4.78 is 0. The van der Waals surface area contributed by atoms with Crippen molar-refractivity contribution in [3.8, 4) is 0 Å². The normalized spacial score (nSPS) is 51.4. The van der Waals surface area contributed by atoms with Gasteiger partial charge in [-0.25, -0.2) is 0 Å². The highest BCUT2D eigenvalue weighted by molar-refractivity contribution is 4.99. The van der Waals surface area contributed by atoms with Gasteiger partial charge in [0.25, 0.3) is 0 Å². The van der Waals surface area contributed by atoms with Crippen LogP contribution in [0.4, 0.5) is 0 Å². The molecule has 0 aromatic carbocycles. The third-order valence-corrected chi connectivity index (χ3v) is 5.73. The van der Waals surface area contributed by atoms with Crippen LogP contribution in [0.3, 0.4) is 0 Å². The summed E-state index contributed by atoms with van der Waals surface area (Å²) in [6, 6.07) is 1.77. The maximum Gasteiger partial charge on any atom is 0.0111 e. The lowest BCUT2D eigenvalue weighted by Gasteiger charge is -2.26. The molecular weight excluding hydrogens is 196 g/mol. The zero-order valence-electron chi connectivity index (χ0n) is 10.2. The molecule has 90 valence electrons. The van der Waals surface area contributed by atoms with Crippen molar-refractivity contribution in [3.63, 3.8) is 0 Å². The van der Waals surface area contributed by atoms with Crippen LogP contribution in [0, 0.1) is 17.8 Å². The molecule has 2 bridgehead atoms. The minimum Gasteiger partial charge on any atom is -0.311 e. The molecule has 2 nitrogen and oxygen atoms in total. The summed E-state index contributed by atoms with van der Waals surface area (Å²) in [6.07, 6.45) is 8.93. The topological polar surface area (TPSA) is 15.3 Å². The third kappa shape index (κ3) is 1.53. The Hall–Kier alpha value is -0.0800. The molecular formula is C14H24N2. The zero-order valence-corrected chi connectivity index (χ0v) is 10.2. The zero-order chi connectivity index (χ0) is 10.5. The molecule has 0 radical (unpaired) electrons. The van der Waals surface area contributed by atoms with E-state index in [4.69, 9.17) is 0 Å². The van der Waals surface area contributed by atoms with Crippen LogP contribution < -0.4 is 5.32 Å². The van der Waals surface area contributed by atoms with E-state index in [2.05, 4.69) is 10.2 Å². The van der Waals surface area contributed by atoms with E-state index in [1.807, 2.05) is 0 Å². The molecule has 1 N–H and O–H groups in total. The van der Waals surface area contributed by atoms with E-state index in [0.29, 0.717) is 0 Å². The van der Waals surface area contributed by atoms with Crippen LogP contribution in [0.2, 0.25) is 0 Å². The minimum absolute atomic E-state index is 0.880. The molecule has 0 spiro atoms. The van der Waals surface area contributed by atoms with Crippen LogP contribution in [0.15, 0.2) is 0 Å². The second-order valence-corrected chi connectivity index (χ2v) is 6.71. The van der Waals surface area contributed by atoms with Gasteiger partial charge in [0, 0.05) is 31.7 Å². The summed E-state index contributed by atoms with van der Waals surface area (Å²) in [6.45, 7) is 4.26. The van der Waals surface area contributed by atoms with Gasteiger partial charge in [0.15, 0.2) is 0 Å². The molecule has 5 atom stereocenters. The van der Waals surface area contributed by atoms with E-state index in [1.165, 1.54) is 58.2 Å². The molecule has 1 saturated carbocycles. The number of hydrogen-bond donors (Lipinski definition) is 1. The highest BCUT2D eigenvalue weighted by Gasteiger charge is 2.42. The van der Waals surface area contributed by atoms with Crippen molar-refractivity contribution in [2.24, 2.45) is 17.8 Å². The fourth-order valence-corrected chi connectivity index (χ4v) is 4.95. The fourth-order valence-electron chi connectivity index (χ4n) is 4.95. The van der Waals surface area contributed by atoms with Gasteiger partial charge >= 0.3 is 0 Å². The number of nitrogens with zero attached hydrogens (tertiary/aromatic N) is 1. The van der Waals surface area contributed by atoms with Crippen LogP contribution >= 0.6 is 0 Å². The smallest absolute Gasteiger partial charge is 0.0111 e. The monoisotopic (exact) mass is 220 g/mol. The van der Waals surface area contributed by atoms with Crippen molar-refractivity contribution in [2.75, 3.05) is 19.6 Å². The van der Waals surface area contributed by atoms with E-state index < -0.39 is 0 Å². The second-order valence-electron chi connectivity index (χ2n) is 6.71. The molecule has 3 heterocycles. The summed E-state index contributed by atoms with van der Waals surface area (Å²) in [4.78, 5) is 2.79. The van der Waals surface area contributed by atoms with Crippen LogP contribution in [-0.2, 0) is 0 Å². The fraction of sp³-hybridized carbons (Fsp3) is 1.00. The molecule has 5 unspecified atom stereocenters. The number of hydrogen-bond acceptors (Lipinski definition) is 2. The van der Waals surface area contributed by atoms with Gasteiger partial charge in [0.2, 0.25) is 0 Å². The number of fused-ring (bicyclic) bond motifs is 3. The first kappa shape index (κ1) is 9.90. The summed E-state index contributed by atoms with van der Waals surface area (Å²) in [7, 11) is 0. The summed E-state index contributed by atoms with van der Waals surface area (Å²) in [5.74, 6) is 3.13. The predicted molar refractivity (Wildman–Crippen MR) is 65.3 cm³/mol. The lowest BCUT2D eigenvalue weighted by molar-refractivity contribution is 0.235. The standard InChI is InChI=1S/C14H24N2/c1-2-10-7-16(8-11(10)3-1)9-12-6-13-4-5-14(12)15-13/h10-15H,1-9H2. The minimum atomic E-state index is 0.880. The van der Waals surface area contributed by atoms with Gasteiger partial charge in [-0.3, -0.25) is 0 Å². The molecule has 4 rings (SSSR count). The van der Waals surface area contributed by atoms with Gasteiger partial charge in [0.1, 0.15) is 0 Å². The van der Waals surface area contributed by atoms with Crippen LogP contribution in [-0.4, -0.2) is 36.6 Å². The molecule has 1 aliphatic carbocycles. The highest BCUT2D eigenvalue weighted by atomic mass is 15.2. The van der Waals surface area contributed by atoms with Crippen molar-refractivity contribution < 1.29 is 0 Å². The first-order chi connectivity index (χ1) is 7.88. The average Bonchev–Trinajstić information content (AvgIpc) is 2.93. The van der Waals surface area contributed by atoms with Crippen LogP contribution in [0.25, 0.3) is 0 Å². The van der Waals surface area contributed by atoms with Gasteiger partial charge < -0.3 is 10.2 Å². The Bertz CT molecular complexity index is 266. The van der Waals surface area contributed by atoms with Gasteiger partial charge in [-0.1, -0.05) is 6.42 Å². The Balaban J connectivity index is 1.35. The average molecular weight is 220 g/mol. The van der Waals surface area contributed by atoms with E-state index in [1.54, 1.807) is 0 Å². The number of rotatable bonds is 2. The van der Waals surface area contributed by atoms with Crippen LogP contribution in [0.5, 0.6) is 0 Å². The molecule has 4 aliphatic rings. The predicted octanol–water partition coefficient (Wildman–Crippen LogP) is 1.86. The lowest BCUT2D eigenvalue weighted by Crippen LogP contribution is -2.34. The molecule has 4 fully saturated rings. The first-order valence-corrected chi connectivity index (χ1v) is 7.37. The Morgan fingerprint density at radius 1 is 1.00 bits per heavy atom. The largest absolute Gasteiger partial charge is 0.311 e. The molecule has 0 aromatic rings.